The highest BCUT2D eigenvalue weighted by Gasteiger charge is 2.27. The Morgan fingerprint density at radius 3 is 2.50 bits per heavy atom. The molecule has 0 aliphatic heterocycles. The van der Waals surface area contributed by atoms with Gasteiger partial charge >= 0.3 is 5.97 Å². The quantitative estimate of drug-likeness (QED) is 0.743. The molecule has 1 unspecified atom stereocenters. The van der Waals surface area contributed by atoms with Gasteiger partial charge in [-0.2, -0.15) is 0 Å². The van der Waals surface area contributed by atoms with Gasteiger partial charge in [0.15, 0.2) is 0 Å². The minimum atomic E-state index is -1.01. The van der Waals surface area contributed by atoms with Gasteiger partial charge in [-0.3, -0.25) is 9.00 Å². The zero-order valence-corrected chi connectivity index (χ0v) is 12.0. The molecule has 1 aliphatic rings. The first-order valence-electron chi connectivity index (χ1n) is 6.76. The Bertz CT molecular complexity index is 301. The number of carboxylic acids is 1. The summed E-state index contributed by atoms with van der Waals surface area (Å²) in [4.78, 5) is 10.5. The average molecular weight is 275 g/mol. The van der Waals surface area contributed by atoms with E-state index in [1.165, 1.54) is 32.1 Å². The summed E-state index contributed by atoms with van der Waals surface area (Å²) >= 11 is 0. The van der Waals surface area contributed by atoms with Crippen LogP contribution in [0.4, 0.5) is 0 Å². The van der Waals surface area contributed by atoms with Crippen LogP contribution in [0.2, 0.25) is 0 Å². The normalized spacial score (nSPS) is 22.3. The van der Waals surface area contributed by atoms with Crippen molar-refractivity contribution < 1.29 is 14.1 Å². The van der Waals surface area contributed by atoms with Crippen LogP contribution in [0.3, 0.4) is 0 Å². The van der Waals surface area contributed by atoms with Crippen LogP contribution in [0.1, 0.15) is 51.9 Å². The second-order valence-electron chi connectivity index (χ2n) is 5.70. The van der Waals surface area contributed by atoms with Crippen LogP contribution >= 0.6 is 0 Å². The molecule has 0 aromatic heterocycles. The predicted octanol–water partition coefficient (Wildman–Crippen LogP) is 1.90. The fourth-order valence-electron chi connectivity index (χ4n) is 2.50. The van der Waals surface area contributed by atoms with Crippen molar-refractivity contribution >= 4 is 16.8 Å². The number of hydrogen-bond donors (Lipinski definition) is 2. The highest BCUT2D eigenvalue weighted by atomic mass is 32.2. The Morgan fingerprint density at radius 2 is 1.94 bits per heavy atom. The number of carboxylic acid groups (broad SMARTS) is 1. The van der Waals surface area contributed by atoms with E-state index in [0.29, 0.717) is 23.3 Å². The van der Waals surface area contributed by atoms with E-state index < -0.39 is 22.8 Å². The molecular formula is C13H25NO3S. The second-order valence-corrected chi connectivity index (χ2v) is 7.40. The Labute approximate surface area is 112 Å². The summed E-state index contributed by atoms with van der Waals surface area (Å²) in [5.74, 6) is 0.0816. The van der Waals surface area contributed by atoms with Crippen molar-refractivity contribution in [2.24, 2.45) is 11.1 Å². The molecule has 5 heteroatoms. The zero-order chi connectivity index (χ0) is 13.6. The number of nitrogens with two attached hydrogens (primary N) is 1. The molecule has 0 amide bonds. The summed E-state index contributed by atoms with van der Waals surface area (Å²) < 4.78 is 11.8. The molecule has 1 fully saturated rings. The van der Waals surface area contributed by atoms with E-state index in [1.807, 2.05) is 0 Å². The lowest BCUT2D eigenvalue weighted by atomic mass is 9.74. The van der Waals surface area contributed by atoms with Crippen molar-refractivity contribution in [2.45, 2.75) is 57.9 Å². The van der Waals surface area contributed by atoms with Crippen molar-refractivity contribution in [3.05, 3.63) is 0 Å². The van der Waals surface area contributed by atoms with E-state index in [-0.39, 0.29) is 0 Å². The predicted molar refractivity (Wildman–Crippen MR) is 73.9 cm³/mol. The average Bonchev–Trinajstić information content (AvgIpc) is 2.34. The third-order valence-electron chi connectivity index (χ3n) is 3.97. The van der Waals surface area contributed by atoms with Gasteiger partial charge in [0.25, 0.3) is 0 Å². The highest BCUT2D eigenvalue weighted by Crippen LogP contribution is 2.38. The third kappa shape index (κ3) is 5.48. The number of hydrogen-bond acceptors (Lipinski definition) is 3. The molecule has 0 bridgehead atoms. The van der Waals surface area contributed by atoms with Crippen LogP contribution in [0.15, 0.2) is 0 Å². The fraction of sp³-hybridized carbons (Fsp3) is 0.923. The maximum Gasteiger partial charge on any atom is 0.320 e. The fourth-order valence-corrected chi connectivity index (χ4v) is 3.94. The summed E-state index contributed by atoms with van der Waals surface area (Å²) in [5, 5.41) is 8.65. The van der Waals surface area contributed by atoms with E-state index in [0.717, 1.165) is 6.42 Å². The molecule has 106 valence electrons. The Balaban J connectivity index is 2.22. The summed E-state index contributed by atoms with van der Waals surface area (Å²) in [5.41, 5.74) is 5.75. The molecule has 0 aromatic carbocycles. The Hall–Kier alpha value is -0.420. The van der Waals surface area contributed by atoms with Gasteiger partial charge in [-0.15, -0.1) is 0 Å². The molecule has 0 aromatic rings. The molecular weight excluding hydrogens is 250 g/mol. The first-order chi connectivity index (χ1) is 8.43. The minimum Gasteiger partial charge on any atom is -0.480 e. The first kappa shape index (κ1) is 15.6. The van der Waals surface area contributed by atoms with Gasteiger partial charge < -0.3 is 10.8 Å². The Kier molecular flexibility index (Phi) is 6.29. The molecule has 0 spiro atoms. The molecule has 4 nitrogen and oxygen atoms in total. The van der Waals surface area contributed by atoms with Gasteiger partial charge in [-0.1, -0.05) is 26.2 Å². The lowest BCUT2D eigenvalue weighted by molar-refractivity contribution is -0.138. The Morgan fingerprint density at radius 1 is 1.33 bits per heavy atom. The van der Waals surface area contributed by atoms with Gasteiger partial charge in [0.2, 0.25) is 0 Å². The molecule has 1 saturated carbocycles. The highest BCUT2D eigenvalue weighted by molar-refractivity contribution is 7.84. The van der Waals surface area contributed by atoms with E-state index >= 15 is 0 Å². The third-order valence-corrected chi connectivity index (χ3v) is 5.32. The topological polar surface area (TPSA) is 80.4 Å². The maximum atomic E-state index is 11.8. The van der Waals surface area contributed by atoms with Gasteiger partial charge in [0.1, 0.15) is 6.04 Å². The van der Waals surface area contributed by atoms with E-state index in [9.17, 15) is 9.00 Å². The van der Waals surface area contributed by atoms with Gasteiger partial charge in [0.05, 0.1) is 0 Å². The minimum absolute atomic E-state index is 0.304. The SMILES string of the molecule is CC1(CCS(=O)CC[C@H](N)C(=O)O)CCCCC1. The van der Waals surface area contributed by atoms with Crippen LogP contribution in [-0.4, -0.2) is 32.8 Å². The number of aliphatic carboxylic acids is 1. The largest absolute Gasteiger partial charge is 0.480 e. The molecule has 1 aliphatic carbocycles. The van der Waals surface area contributed by atoms with Gasteiger partial charge in [0, 0.05) is 22.3 Å². The molecule has 0 saturated heterocycles. The van der Waals surface area contributed by atoms with Crippen LogP contribution in [0.5, 0.6) is 0 Å². The summed E-state index contributed by atoms with van der Waals surface area (Å²) in [7, 11) is -0.928. The van der Waals surface area contributed by atoms with Crippen LogP contribution in [0.25, 0.3) is 0 Å². The molecule has 2 atom stereocenters. The van der Waals surface area contributed by atoms with Crippen LogP contribution in [-0.2, 0) is 15.6 Å². The number of rotatable bonds is 7. The standard InChI is InChI=1S/C13H25NO3S/c1-13(6-3-2-4-7-13)8-10-18(17)9-5-11(14)12(15)16/h11H,2-10,14H2,1H3,(H,15,16)/t11-,18?/m0/s1. The van der Waals surface area contributed by atoms with Gasteiger partial charge in [-0.05, 0) is 31.1 Å². The summed E-state index contributed by atoms with van der Waals surface area (Å²) in [6.07, 6.45) is 7.66. The monoisotopic (exact) mass is 275 g/mol. The lowest BCUT2D eigenvalue weighted by Gasteiger charge is -2.33. The van der Waals surface area contributed by atoms with E-state index in [4.69, 9.17) is 10.8 Å². The molecule has 3 N–H and O–H groups in total. The van der Waals surface area contributed by atoms with Crippen molar-refractivity contribution in [1.82, 2.24) is 0 Å². The lowest BCUT2D eigenvalue weighted by Crippen LogP contribution is -2.32. The van der Waals surface area contributed by atoms with Crippen molar-refractivity contribution in [1.29, 1.82) is 0 Å². The summed E-state index contributed by atoms with van der Waals surface area (Å²) in [6.45, 7) is 2.28. The maximum absolute atomic E-state index is 11.8. The molecule has 18 heavy (non-hydrogen) atoms. The van der Waals surface area contributed by atoms with Crippen molar-refractivity contribution in [3.63, 3.8) is 0 Å². The van der Waals surface area contributed by atoms with Crippen LogP contribution < -0.4 is 5.73 Å². The molecule has 0 heterocycles. The summed E-state index contributed by atoms with van der Waals surface area (Å²) in [6, 6.07) is -0.876. The first-order valence-corrected chi connectivity index (χ1v) is 8.25. The number of carbonyl (C=O) groups is 1. The van der Waals surface area contributed by atoms with E-state index in [1.54, 1.807) is 0 Å². The second kappa shape index (κ2) is 7.24. The molecule has 0 radical (unpaired) electrons. The van der Waals surface area contributed by atoms with Crippen molar-refractivity contribution in [3.8, 4) is 0 Å². The smallest absolute Gasteiger partial charge is 0.320 e. The zero-order valence-electron chi connectivity index (χ0n) is 11.2. The van der Waals surface area contributed by atoms with E-state index in [2.05, 4.69) is 6.92 Å². The van der Waals surface area contributed by atoms with Gasteiger partial charge in [-0.25, -0.2) is 0 Å². The van der Waals surface area contributed by atoms with Crippen molar-refractivity contribution in [2.75, 3.05) is 11.5 Å². The van der Waals surface area contributed by atoms with Crippen LogP contribution in [0, 0.1) is 5.41 Å². The molecule has 1 rings (SSSR count).